The Bertz CT molecular complexity index is 316. The highest BCUT2D eigenvalue weighted by Crippen LogP contribution is 2.38. The molecule has 104 valence electrons. The summed E-state index contributed by atoms with van der Waals surface area (Å²) in [4.78, 5) is 12.0. The maximum absolute atomic E-state index is 12.0. The molecule has 2 aliphatic carbocycles. The highest BCUT2D eigenvalue weighted by Gasteiger charge is 2.44. The van der Waals surface area contributed by atoms with Gasteiger partial charge in [-0.25, -0.2) is 0 Å². The number of hydrogen-bond acceptors (Lipinski definition) is 3. The minimum atomic E-state index is -0.766. The second-order valence-corrected chi connectivity index (χ2v) is 6.65. The summed E-state index contributed by atoms with van der Waals surface area (Å²) in [6.45, 7) is 4.35. The monoisotopic (exact) mass is 254 g/mol. The number of nitrogens with one attached hydrogen (secondary N) is 1. The van der Waals surface area contributed by atoms with E-state index in [2.05, 4.69) is 12.2 Å². The number of carbonyl (C=O) groups is 1. The van der Waals surface area contributed by atoms with Gasteiger partial charge in [0.05, 0.1) is 11.1 Å². The highest BCUT2D eigenvalue weighted by atomic mass is 16.3. The summed E-state index contributed by atoms with van der Waals surface area (Å²) < 4.78 is 0. The number of rotatable bonds is 4. The molecule has 0 aromatic heterocycles. The first kappa shape index (κ1) is 13.8. The fourth-order valence-electron chi connectivity index (χ4n) is 2.78. The van der Waals surface area contributed by atoms with Crippen LogP contribution in [0.3, 0.4) is 0 Å². The Morgan fingerprint density at radius 1 is 1.39 bits per heavy atom. The number of carbonyl (C=O) groups excluding carboxylic acids is 1. The van der Waals surface area contributed by atoms with Gasteiger partial charge in [-0.05, 0) is 57.3 Å². The van der Waals surface area contributed by atoms with Crippen molar-refractivity contribution in [3.8, 4) is 0 Å². The van der Waals surface area contributed by atoms with Gasteiger partial charge in [-0.3, -0.25) is 4.79 Å². The summed E-state index contributed by atoms with van der Waals surface area (Å²) >= 11 is 0. The van der Waals surface area contributed by atoms with E-state index in [1.165, 1.54) is 0 Å². The molecule has 4 N–H and O–H groups in total. The van der Waals surface area contributed by atoms with Crippen molar-refractivity contribution in [1.29, 1.82) is 0 Å². The highest BCUT2D eigenvalue weighted by molar-refractivity contribution is 5.86. The average molecular weight is 254 g/mol. The topological polar surface area (TPSA) is 75.3 Å². The summed E-state index contributed by atoms with van der Waals surface area (Å²) in [5.74, 6) is 0.891. The molecular formula is C14H26N2O2. The van der Waals surface area contributed by atoms with E-state index in [0.717, 1.165) is 38.5 Å². The van der Waals surface area contributed by atoms with Gasteiger partial charge in [0.25, 0.3) is 0 Å². The van der Waals surface area contributed by atoms with Gasteiger partial charge in [-0.1, -0.05) is 6.92 Å². The lowest BCUT2D eigenvalue weighted by molar-refractivity contribution is -0.128. The van der Waals surface area contributed by atoms with E-state index >= 15 is 0 Å². The number of hydrogen-bond donors (Lipinski definition) is 3. The van der Waals surface area contributed by atoms with Crippen LogP contribution >= 0.6 is 0 Å². The average Bonchev–Trinajstić information content (AvgIpc) is 3.14. The summed E-state index contributed by atoms with van der Waals surface area (Å²) in [5.41, 5.74) is 4.57. The lowest BCUT2D eigenvalue weighted by Gasteiger charge is -2.36. The molecule has 2 aliphatic rings. The van der Waals surface area contributed by atoms with Crippen LogP contribution in [0.1, 0.15) is 52.4 Å². The third-order valence-corrected chi connectivity index (χ3v) is 4.70. The molecule has 4 nitrogen and oxygen atoms in total. The van der Waals surface area contributed by atoms with Crippen LogP contribution < -0.4 is 11.1 Å². The van der Waals surface area contributed by atoms with Crippen LogP contribution in [0, 0.1) is 11.8 Å². The van der Waals surface area contributed by atoms with E-state index in [1.54, 1.807) is 6.92 Å². The Balaban J connectivity index is 1.82. The molecule has 2 rings (SSSR count). The van der Waals surface area contributed by atoms with Crippen molar-refractivity contribution in [2.24, 2.45) is 17.6 Å². The number of amides is 1. The van der Waals surface area contributed by atoms with Gasteiger partial charge in [0, 0.05) is 6.54 Å². The molecule has 0 saturated heterocycles. The van der Waals surface area contributed by atoms with E-state index < -0.39 is 11.1 Å². The Morgan fingerprint density at radius 3 is 2.44 bits per heavy atom. The second kappa shape index (κ2) is 4.82. The molecule has 2 fully saturated rings. The summed E-state index contributed by atoms with van der Waals surface area (Å²) in [5, 5.41) is 13.3. The predicted molar refractivity (Wildman–Crippen MR) is 70.9 cm³/mol. The maximum Gasteiger partial charge on any atom is 0.240 e. The van der Waals surface area contributed by atoms with Crippen molar-refractivity contribution >= 4 is 5.91 Å². The van der Waals surface area contributed by atoms with E-state index in [9.17, 15) is 9.90 Å². The summed E-state index contributed by atoms with van der Waals surface area (Å²) in [6, 6.07) is 0. The van der Waals surface area contributed by atoms with Crippen LogP contribution in [0.2, 0.25) is 0 Å². The SMILES string of the molecule is CC1CCC(O)(CNC(=O)C(C)(N)C2CC2)CC1. The third-order valence-electron chi connectivity index (χ3n) is 4.70. The van der Waals surface area contributed by atoms with Gasteiger partial charge in [0.15, 0.2) is 0 Å². The van der Waals surface area contributed by atoms with Crippen molar-refractivity contribution in [2.75, 3.05) is 6.54 Å². The molecule has 0 aromatic rings. The normalized spacial score (nSPS) is 35.9. The smallest absolute Gasteiger partial charge is 0.240 e. The fraction of sp³-hybridized carbons (Fsp3) is 0.929. The molecule has 4 heteroatoms. The van der Waals surface area contributed by atoms with Crippen molar-refractivity contribution < 1.29 is 9.90 Å². The fourth-order valence-corrected chi connectivity index (χ4v) is 2.78. The van der Waals surface area contributed by atoms with Gasteiger partial charge >= 0.3 is 0 Å². The lowest BCUT2D eigenvalue weighted by atomic mass is 9.79. The van der Waals surface area contributed by atoms with Gasteiger partial charge in [-0.2, -0.15) is 0 Å². The maximum atomic E-state index is 12.0. The first-order valence-corrected chi connectivity index (χ1v) is 7.13. The molecule has 0 heterocycles. The molecule has 1 amide bonds. The minimum absolute atomic E-state index is 0.114. The van der Waals surface area contributed by atoms with Crippen molar-refractivity contribution in [3.63, 3.8) is 0 Å². The zero-order valence-electron chi connectivity index (χ0n) is 11.5. The molecule has 0 aliphatic heterocycles. The molecular weight excluding hydrogens is 228 g/mol. The van der Waals surface area contributed by atoms with Crippen LogP contribution in [0.5, 0.6) is 0 Å². The van der Waals surface area contributed by atoms with Gasteiger partial charge < -0.3 is 16.2 Å². The Kier molecular flexibility index (Phi) is 3.70. The van der Waals surface area contributed by atoms with Crippen LogP contribution in [0.4, 0.5) is 0 Å². The predicted octanol–water partition coefficient (Wildman–Crippen LogP) is 1.17. The quantitative estimate of drug-likeness (QED) is 0.705. The molecule has 1 atom stereocenters. The van der Waals surface area contributed by atoms with Crippen LogP contribution in [0.15, 0.2) is 0 Å². The zero-order valence-corrected chi connectivity index (χ0v) is 11.5. The zero-order chi connectivity index (χ0) is 13.4. The summed E-state index contributed by atoms with van der Waals surface area (Å²) in [7, 11) is 0. The van der Waals surface area contributed by atoms with Gasteiger partial charge in [0.1, 0.15) is 0 Å². The van der Waals surface area contributed by atoms with E-state index in [4.69, 9.17) is 5.73 Å². The molecule has 1 unspecified atom stereocenters. The minimum Gasteiger partial charge on any atom is -0.388 e. The van der Waals surface area contributed by atoms with Gasteiger partial charge in [0.2, 0.25) is 5.91 Å². The Morgan fingerprint density at radius 2 is 1.94 bits per heavy atom. The molecule has 0 radical (unpaired) electrons. The first-order chi connectivity index (χ1) is 8.33. The van der Waals surface area contributed by atoms with Crippen molar-refractivity contribution in [1.82, 2.24) is 5.32 Å². The molecule has 0 spiro atoms. The number of aliphatic hydroxyl groups is 1. The first-order valence-electron chi connectivity index (χ1n) is 7.13. The van der Waals surface area contributed by atoms with Crippen molar-refractivity contribution in [2.45, 2.75) is 63.5 Å². The standard InChI is InChI=1S/C14H26N2O2/c1-10-5-7-14(18,8-6-10)9-16-12(17)13(2,15)11-3-4-11/h10-11,18H,3-9,15H2,1-2H3,(H,16,17). The van der Waals surface area contributed by atoms with Crippen molar-refractivity contribution in [3.05, 3.63) is 0 Å². The Hall–Kier alpha value is -0.610. The second-order valence-electron chi connectivity index (χ2n) is 6.65. The van der Waals surface area contributed by atoms with E-state index in [-0.39, 0.29) is 5.91 Å². The molecule has 2 saturated carbocycles. The molecule has 0 aromatic carbocycles. The number of nitrogens with two attached hydrogens (primary N) is 1. The third kappa shape index (κ3) is 3.04. The molecule has 18 heavy (non-hydrogen) atoms. The van der Waals surface area contributed by atoms with Crippen LogP contribution in [-0.2, 0) is 4.79 Å². The lowest BCUT2D eigenvalue weighted by Crippen LogP contribution is -2.56. The van der Waals surface area contributed by atoms with E-state index in [1.807, 2.05) is 0 Å². The van der Waals surface area contributed by atoms with Crippen LogP contribution in [0.25, 0.3) is 0 Å². The summed E-state index contributed by atoms with van der Waals surface area (Å²) in [6.07, 6.45) is 5.71. The van der Waals surface area contributed by atoms with Gasteiger partial charge in [-0.15, -0.1) is 0 Å². The van der Waals surface area contributed by atoms with Crippen LogP contribution in [-0.4, -0.2) is 28.7 Å². The Labute approximate surface area is 109 Å². The molecule has 0 bridgehead atoms. The largest absolute Gasteiger partial charge is 0.388 e. The van der Waals surface area contributed by atoms with E-state index in [0.29, 0.717) is 18.4 Å².